The normalized spacial score (nSPS) is 11.7. The number of aromatic nitrogens is 1. The van der Waals surface area contributed by atoms with Crippen molar-refractivity contribution in [3.63, 3.8) is 0 Å². The minimum Gasteiger partial charge on any atom is -0.377 e. The number of para-hydroxylation sites is 1. The van der Waals surface area contributed by atoms with Crippen LogP contribution in [-0.4, -0.2) is 10.9 Å². The molecule has 26 heavy (non-hydrogen) atoms. The van der Waals surface area contributed by atoms with Crippen LogP contribution >= 0.6 is 0 Å². The van der Waals surface area contributed by atoms with E-state index in [4.69, 9.17) is 0 Å². The Balaban J connectivity index is 1.75. The number of anilines is 2. The van der Waals surface area contributed by atoms with Gasteiger partial charge in [-0.3, -0.25) is 9.78 Å². The number of carbonyl (C=O) groups excluding carboxylic acids is 1. The summed E-state index contributed by atoms with van der Waals surface area (Å²) in [5.74, 6) is -2.31. The van der Waals surface area contributed by atoms with Gasteiger partial charge in [0.15, 0.2) is 0 Å². The number of halogens is 2. The van der Waals surface area contributed by atoms with E-state index >= 15 is 0 Å². The summed E-state index contributed by atoms with van der Waals surface area (Å²) in [6.45, 7) is 1.98. The van der Waals surface area contributed by atoms with E-state index in [0.29, 0.717) is 5.69 Å². The van der Waals surface area contributed by atoms with E-state index in [2.05, 4.69) is 15.6 Å². The summed E-state index contributed by atoms with van der Waals surface area (Å²) in [7, 11) is 0. The molecule has 0 aliphatic heterocycles. The lowest BCUT2D eigenvalue weighted by Crippen LogP contribution is -2.15. The second-order valence-corrected chi connectivity index (χ2v) is 5.79. The molecule has 1 aromatic heterocycles. The summed E-state index contributed by atoms with van der Waals surface area (Å²) < 4.78 is 27.4. The highest BCUT2D eigenvalue weighted by atomic mass is 19.1. The maximum Gasteiger partial charge on any atom is 0.257 e. The number of carbonyl (C=O) groups is 1. The first-order valence-corrected chi connectivity index (χ1v) is 8.06. The first-order valence-electron chi connectivity index (χ1n) is 8.06. The van der Waals surface area contributed by atoms with Crippen molar-refractivity contribution in [1.29, 1.82) is 0 Å². The molecule has 0 radical (unpaired) electrons. The second kappa shape index (κ2) is 7.74. The van der Waals surface area contributed by atoms with Gasteiger partial charge < -0.3 is 10.6 Å². The molecule has 1 atom stereocenters. The fraction of sp³-hybridized carbons (Fsp3) is 0.100. The van der Waals surface area contributed by atoms with Gasteiger partial charge in [0.05, 0.1) is 11.3 Å². The van der Waals surface area contributed by atoms with Crippen molar-refractivity contribution < 1.29 is 13.6 Å². The van der Waals surface area contributed by atoms with Crippen LogP contribution < -0.4 is 10.6 Å². The number of nitrogens with zero attached hydrogens (tertiary/aromatic N) is 1. The van der Waals surface area contributed by atoms with Crippen molar-refractivity contribution in [1.82, 2.24) is 4.98 Å². The molecule has 0 aliphatic carbocycles. The molecular formula is C20H17F2N3O. The number of nitrogens with one attached hydrogen (secondary N) is 2. The third-order valence-corrected chi connectivity index (χ3v) is 3.88. The van der Waals surface area contributed by atoms with Crippen LogP contribution in [0, 0.1) is 11.6 Å². The molecule has 4 nitrogen and oxygen atoms in total. The van der Waals surface area contributed by atoms with Gasteiger partial charge in [0.25, 0.3) is 5.91 Å². The van der Waals surface area contributed by atoms with Gasteiger partial charge in [-0.25, -0.2) is 8.78 Å². The van der Waals surface area contributed by atoms with Crippen molar-refractivity contribution in [2.75, 3.05) is 10.6 Å². The highest BCUT2D eigenvalue weighted by molar-refractivity contribution is 6.04. The maximum absolute atomic E-state index is 13.7. The van der Waals surface area contributed by atoms with E-state index in [9.17, 15) is 13.6 Å². The number of pyridine rings is 1. The van der Waals surface area contributed by atoms with Crippen molar-refractivity contribution >= 4 is 17.3 Å². The van der Waals surface area contributed by atoms with Crippen LogP contribution in [0.1, 0.15) is 28.9 Å². The fourth-order valence-electron chi connectivity index (χ4n) is 2.52. The van der Waals surface area contributed by atoms with Gasteiger partial charge in [0.1, 0.15) is 17.3 Å². The number of rotatable bonds is 5. The minimum absolute atomic E-state index is 0.000299. The zero-order valence-electron chi connectivity index (χ0n) is 14.0. The lowest BCUT2D eigenvalue weighted by Gasteiger charge is -2.16. The molecule has 2 aromatic carbocycles. The summed E-state index contributed by atoms with van der Waals surface area (Å²) in [6, 6.07) is 14.8. The third kappa shape index (κ3) is 4.03. The summed E-state index contributed by atoms with van der Waals surface area (Å²) in [5, 5.41) is 5.50. The SMILES string of the molecule is CC(Nc1cncc(C(=O)Nc2c(F)cccc2F)c1)c1ccccc1. The Hall–Kier alpha value is -3.28. The van der Waals surface area contributed by atoms with Gasteiger partial charge in [0.2, 0.25) is 0 Å². The van der Waals surface area contributed by atoms with Crippen molar-refractivity contribution in [2.45, 2.75) is 13.0 Å². The quantitative estimate of drug-likeness (QED) is 0.694. The average molecular weight is 353 g/mol. The van der Waals surface area contributed by atoms with Gasteiger partial charge in [-0.2, -0.15) is 0 Å². The summed E-state index contributed by atoms with van der Waals surface area (Å²) in [6.07, 6.45) is 2.92. The number of hydrogen-bond acceptors (Lipinski definition) is 3. The van der Waals surface area contributed by atoms with Crippen LogP contribution in [0.2, 0.25) is 0 Å². The molecule has 0 bridgehead atoms. The molecule has 2 N–H and O–H groups in total. The summed E-state index contributed by atoms with van der Waals surface area (Å²) in [5.41, 5.74) is 1.42. The Morgan fingerprint density at radius 1 is 1.00 bits per heavy atom. The molecule has 0 saturated heterocycles. The van der Waals surface area contributed by atoms with Gasteiger partial charge in [-0.15, -0.1) is 0 Å². The van der Waals surface area contributed by atoms with Crippen molar-refractivity contribution in [3.8, 4) is 0 Å². The number of hydrogen-bond donors (Lipinski definition) is 2. The van der Waals surface area contributed by atoms with Gasteiger partial charge >= 0.3 is 0 Å². The fourth-order valence-corrected chi connectivity index (χ4v) is 2.52. The zero-order valence-corrected chi connectivity index (χ0v) is 14.0. The average Bonchev–Trinajstić information content (AvgIpc) is 2.65. The van der Waals surface area contributed by atoms with Crippen LogP contribution in [0.5, 0.6) is 0 Å². The molecule has 3 rings (SSSR count). The molecule has 1 amide bonds. The predicted molar refractivity (Wildman–Crippen MR) is 97.0 cm³/mol. The Morgan fingerprint density at radius 3 is 2.38 bits per heavy atom. The lowest BCUT2D eigenvalue weighted by molar-refractivity contribution is 0.102. The molecular weight excluding hydrogens is 336 g/mol. The molecule has 3 aromatic rings. The predicted octanol–water partition coefficient (Wildman–Crippen LogP) is 4.79. The Kier molecular flexibility index (Phi) is 5.22. The van der Waals surface area contributed by atoms with Crippen LogP contribution in [-0.2, 0) is 0 Å². The first kappa shape index (κ1) is 17.5. The van der Waals surface area contributed by atoms with E-state index < -0.39 is 23.2 Å². The zero-order chi connectivity index (χ0) is 18.5. The van der Waals surface area contributed by atoms with Gasteiger partial charge in [-0.05, 0) is 30.7 Å². The first-order chi connectivity index (χ1) is 12.5. The van der Waals surface area contributed by atoms with Crippen LogP contribution in [0.25, 0.3) is 0 Å². The van der Waals surface area contributed by atoms with E-state index in [1.54, 1.807) is 12.3 Å². The summed E-state index contributed by atoms with van der Waals surface area (Å²) >= 11 is 0. The largest absolute Gasteiger partial charge is 0.377 e. The molecule has 0 spiro atoms. The number of amides is 1. The topological polar surface area (TPSA) is 54.0 Å². The second-order valence-electron chi connectivity index (χ2n) is 5.79. The van der Waals surface area contributed by atoms with Gasteiger partial charge in [-0.1, -0.05) is 36.4 Å². The smallest absolute Gasteiger partial charge is 0.257 e. The monoisotopic (exact) mass is 353 g/mol. The standard InChI is InChI=1S/C20H17F2N3O/c1-13(14-6-3-2-4-7-14)24-16-10-15(11-23-12-16)20(26)25-19-17(21)8-5-9-18(19)22/h2-13,24H,1H3,(H,25,26). The molecule has 1 unspecified atom stereocenters. The maximum atomic E-state index is 13.7. The Morgan fingerprint density at radius 2 is 1.69 bits per heavy atom. The molecule has 6 heteroatoms. The molecule has 0 fully saturated rings. The number of benzene rings is 2. The van der Waals surface area contributed by atoms with Gasteiger partial charge in [0, 0.05) is 18.4 Å². The van der Waals surface area contributed by atoms with Crippen molar-refractivity contribution in [2.24, 2.45) is 0 Å². The molecule has 1 heterocycles. The molecule has 0 saturated carbocycles. The Labute approximate surface area is 149 Å². The molecule has 132 valence electrons. The lowest BCUT2D eigenvalue weighted by atomic mass is 10.1. The van der Waals surface area contributed by atoms with Crippen LogP contribution in [0.4, 0.5) is 20.2 Å². The highest BCUT2D eigenvalue weighted by Crippen LogP contribution is 2.21. The molecule has 0 aliphatic rings. The van der Waals surface area contributed by atoms with E-state index in [-0.39, 0.29) is 11.6 Å². The van der Waals surface area contributed by atoms with E-state index in [1.807, 2.05) is 37.3 Å². The van der Waals surface area contributed by atoms with Crippen LogP contribution in [0.15, 0.2) is 67.0 Å². The third-order valence-electron chi connectivity index (χ3n) is 3.88. The van der Waals surface area contributed by atoms with Crippen LogP contribution in [0.3, 0.4) is 0 Å². The highest BCUT2D eigenvalue weighted by Gasteiger charge is 2.14. The summed E-state index contributed by atoms with van der Waals surface area (Å²) in [4.78, 5) is 16.3. The van der Waals surface area contributed by atoms with E-state index in [1.165, 1.54) is 12.3 Å². The van der Waals surface area contributed by atoms with Crippen molar-refractivity contribution in [3.05, 3.63) is 89.8 Å². The Bertz CT molecular complexity index is 896. The minimum atomic E-state index is -0.835. The van der Waals surface area contributed by atoms with E-state index in [0.717, 1.165) is 17.7 Å².